The van der Waals surface area contributed by atoms with E-state index < -0.39 is 0 Å². The second-order valence-corrected chi connectivity index (χ2v) is 7.27. The molecule has 0 atom stereocenters. The maximum atomic E-state index is 13.0. The Bertz CT molecular complexity index is 1350. The summed E-state index contributed by atoms with van der Waals surface area (Å²) in [6.07, 6.45) is 0.283. The van der Waals surface area contributed by atoms with Crippen molar-refractivity contribution in [3.63, 3.8) is 0 Å². The van der Waals surface area contributed by atoms with Crippen LogP contribution < -0.4 is 21.3 Å². The molecule has 8 nitrogen and oxygen atoms in total. The Hall–Kier alpha value is -3.78. The van der Waals surface area contributed by atoms with Crippen LogP contribution in [0.15, 0.2) is 41.2 Å². The van der Waals surface area contributed by atoms with Crippen LogP contribution in [0.2, 0.25) is 0 Å². The fourth-order valence-corrected chi connectivity index (χ4v) is 3.82. The minimum atomic E-state index is -0.265. The van der Waals surface area contributed by atoms with E-state index in [2.05, 4.69) is 15.3 Å². The molecule has 0 radical (unpaired) electrons. The van der Waals surface area contributed by atoms with E-state index in [0.29, 0.717) is 34.4 Å². The summed E-state index contributed by atoms with van der Waals surface area (Å²) in [7, 11) is 1.46. The van der Waals surface area contributed by atoms with Crippen LogP contribution in [-0.4, -0.2) is 33.8 Å². The van der Waals surface area contributed by atoms with E-state index in [1.165, 1.54) is 7.11 Å². The molecule has 0 aliphatic carbocycles. The number of phenols is 2. The van der Waals surface area contributed by atoms with E-state index >= 15 is 0 Å². The lowest BCUT2D eigenvalue weighted by Crippen LogP contribution is -2.18. The van der Waals surface area contributed by atoms with Crippen molar-refractivity contribution in [1.29, 1.82) is 0 Å². The maximum absolute atomic E-state index is 13.0. The average molecular weight is 420 g/mol. The number of fused-ring (bicyclic) bond motifs is 2. The molecular weight excluding hydrogens is 396 g/mol. The third-order valence-electron chi connectivity index (χ3n) is 5.30. The molecular formula is C23H24N4O4. The lowest BCUT2D eigenvalue weighted by Gasteiger charge is -2.15. The molecule has 0 amide bonds. The zero-order valence-electron chi connectivity index (χ0n) is 17.3. The van der Waals surface area contributed by atoms with E-state index in [1.807, 2.05) is 13.0 Å². The van der Waals surface area contributed by atoms with Crippen molar-refractivity contribution in [2.24, 2.45) is 5.73 Å². The number of nitrogens with two attached hydrogens (primary N) is 1. The van der Waals surface area contributed by atoms with Crippen molar-refractivity contribution in [1.82, 2.24) is 9.97 Å². The van der Waals surface area contributed by atoms with Gasteiger partial charge >= 0.3 is 0 Å². The number of ether oxygens (including phenoxy) is 1. The Balaban J connectivity index is 1.95. The molecule has 4 rings (SSSR count). The number of hydrogen-bond acceptors (Lipinski definition) is 7. The molecule has 8 heteroatoms. The van der Waals surface area contributed by atoms with Gasteiger partial charge in [-0.3, -0.25) is 4.79 Å². The van der Waals surface area contributed by atoms with Gasteiger partial charge in [-0.25, -0.2) is 4.98 Å². The summed E-state index contributed by atoms with van der Waals surface area (Å²) in [6, 6.07) is 10.1. The summed E-state index contributed by atoms with van der Waals surface area (Å²) in [5.74, 6) is 1.06. The second-order valence-electron chi connectivity index (χ2n) is 7.27. The van der Waals surface area contributed by atoms with Crippen LogP contribution >= 0.6 is 0 Å². The lowest BCUT2D eigenvalue weighted by molar-refractivity contribution is 0.374. The number of aromatic nitrogens is 2. The fourth-order valence-electron chi connectivity index (χ4n) is 3.82. The highest BCUT2D eigenvalue weighted by Gasteiger charge is 2.17. The minimum absolute atomic E-state index is 0.0288. The van der Waals surface area contributed by atoms with Crippen molar-refractivity contribution in [2.75, 3.05) is 19.0 Å². The van der Waals surface area contributed by atoms with Gasteiger partial charge in [0, 0.05) is 41.5 Å². The van der Waals surface area contributed by atoms with Crippen molar-refractivity contribution >= 4 is 27.5 Å². The molecule has 0 unspecified atom stereocenters. The molecule has 31 heavy (non-hydrogen) atoms. The number of hydrogen-bond donors (Lipinski definition) is 5. The number of aromatic hydroxyl groups is 2. The molecule has 4 aromatic rings. The summed E-state index contributed by atoms with van der Waals surface area (Å²) >= 11 is 0. The maximum Gasteiger partial charge on any atom is 0.252 e. The van der Waals surface area contributed by atoms with Crippen molar-refractivity contribution < 1.29 is 14.9 Å². The highest BCUT2D eigenvalue weighted by Crippen LogP contribution is 2.34. The van der Waals surface area contributed by atoms with Crippen molar-refractivity contribution in [3.8, 4) is 17.2 Å². The van der Waals surface area contributed by atoms with Crippen LogP contribution in [-0.2, 0) is 13.0 Å². The smallest absolute Gasteiger partial charge is 0.252 e. The first-order valence-electron chi connectivity index (χ1n) is 9.96. The number of nitrogens with one attached hydrogen (secondary N) is 2. The van der Waals surface area contributed by atoms with E-state index in [-0.39, 0.29) is 35.8 Å². The molecule has 0 saturated carbocycles. The first kappa shape index (κ1) is 20.5. The van der Waals surface area contributed by atoms with Gasteiger partial charge in [0.2, 0.25) is 0 Å². The van der Waals surface area contributed by atoms with Gasteiger partial charge in [0.05, 0.1) is 12.6 Å². The number of anilines is 1. The molecule has 2 aromatic heterocycles. The standard InChI is InChI=1S/C23H24N4O4/c1-3-25-22-13(6-12-7-14(28)4-5-18(12)26-22)8-17-15-10-21(31-2)20(29)9-16(15)19(11-24)27-23(17)30/h4-7,9-10,28-29H,3,8,11,24H2,1-2H3,(H,25,26)(H,27,30). The van der Waals surface area contributed by atoms with Gasteiger partial charge in [0.15, 0.2) is 11.5 Å². The predicted octanol–water partition coefficient (Wildman–Crippen LogP) is 2.98. The lowest BCUT2D eigenvalue weighted by atomic mass is 9.97. The molecule has 6 N–H and O–H groups in total. The van der Waals surface area contributed by atoms with E-state index in [1.54, 1.807) is 30.3 Å². The van der Waals surface area contributed by atoms with Crippen LogP contribution in [0.1, 0.15) is 23.7 Å². The SMILES string of the molecule is CCNc1nc2ccc(O)cc2cc1Cc1c(=O)[nH]c(CN)c2cc(O)c(OC)cc12. The quantitative estimate of drug-likeness (QED) is 0.324. The minimum Gasteiger partial charge on any atom is -0.508 e. The Labute approximate surface area is 178 Å². The molecule has 0 aliphatic rings. The molecule has 2 aromatic carbocycles. The number of phenolic OH excluding ortho intramolecular Hbond substituents is 2. The third-order valence-corrected chi connectivity index (χ3v) is 5.30. The van der Waals surface area contributed by atoms with Gasteiger partial charge in [-0.15, -0.1) is 0 Å². The van der Waals surface area contributed by atoms with Crippen LogP contribution in [0, 0.1) is 0 Å². The second kappa shape index (κ2) is 8.16. The number of benzene rings is 2. The van der Waals surface area contributed by atoms with Gasteiger partial charge in [-0.05, 0) is 54.3 Å². The normalized spacial score (nSPS) is 11.2. The molecule has 0 aliphatic heterocycles. The monoisotopic (exact) mass is 420 g/mol. The molecule has 0 fully saturated rings. The van der Waals surface area contributed by atoms with Gasteiger partial charge in [-0.1, -0.05) is 0 Å². The van der Waals surface area contributed by atoms with E-state index in [9.17, 15) is 15.0 Å². The summed E-state index contributed by atoms with van der Waals surface area (Å²) in [5, 5.41) is 25.4. The zero-order valence-corrected chi connectivity index (χ0v) is 17.3. The van der Waals surface area contributed by atoms with Gasteiger partial charge in [0.25, 0.3) is 5.56 Å². The van der Waals surface area contributed by atoms with Crippen molar-refractivity contribution in [3.05, 3.63) is 63.6 Å². The zero-order chi connectivity index (χ0) is 22.1. The van der Waals surface area contributed by atoms with Gasteiger partial charge < -0.3 is 31.0 Å². The van der Waals surface area contributed by atoms with E-state index in [0.717, 1.165) is 16.5 Å². The largest absolute Gasteiger partial charge is 0.508 e. The van der Waals surface area contributed by atoms with Crippen LogP contribution in [0.4, 0.5) is 5.82 Å². The van der Waals surface area contributed by atoms with Gasteiger partial charge in [0.1, 0.15) is 11.6 Å². The Kier molecular flexibility index (Phi) is 5.39. The summed E-state index contributed by atoms with van der Waals surface area (Å²) in [4.78, 5) is 20.5. The average Bonchev–Trinajstić information content (AvgIpc) is 2.75. The molecule has 0 bridgehead atoms. The molecule has 2 heterocycles. The summed E-state index contributed by atoms with van der Waals surface area (Å²) in [6.45, 7) is 2.75. The van der Waals surface area contributed by atoms with Crippen LogP contribution in [0.3, 0.4) is 0 Å². The fraction of sp³-hybridized carbons (Fsp3) is 0.217. The van der Waals surface area contributed by atoms with Gasteiger partial charge in [-0.2, -0.15) is 0 Å². The number of methoxy groups -OCH3 is 1. The first-order valence-corrected chi connectivity index (χ1v) is 9.96. The Morgan fingerprint density at radius 1 is 1.16 bits per heavy atom. The van der Waals surface area contributed by atoms with Crippen LogP contribution in [0.5, 0.6) is 17.2 Å². The Morgan fingerprint density at radius 3 is 2.68 bits per heavy atom. The van der Waals surface area contributed by atoms with Crippen LogP contribution in [0.25, 0.3) is 21.7 Å². The number of pyridine rings is 2. The summed E-state index contributed by atoms with van der Waals surface area (Å²) in [5.41, 5.74) is 8.14. The Morgan fingerprint density at radius 2 is 1.97 bits per heavy atom. The highest BCUT2D eigenvalue weighted by atomic mass is 16.5. The topological polar surface area (TPSA) is 133 Å². The van der Waals surface area contributed by atoms with Crippen molar-refractivity contribution in [2.45, 2.75) is 19.9 Å². The molecule has 0 saturated heterocycles. The van der Waals surface area contributed by atoms with E-state index in [4.69, 9.17) is 10.5 Å². The number of H-pyrrole nitrogens is 1. The summed E-state index contributed by atoms with van der Waals surface area (Å²) < 4.78 is 5.26. The molecule has 0 spiro atoms. The predicted molar refractivity (Wildman–Crippen MR) is 121 cm³/mol. The number of aromatic amines is 1. The highest BCUT2D eigenvalue weighted by molar-refractivity contribution is 5.91. The first-order chi connectivity index (χ1) is 14.9. The number of rotatable bonds is 6. The third kappa shape index (κ3) is 3.73. The molecule has 160 valence electrons. The number of nitrogens with zero attached hydrogens (tertiary/aromatic N) is 1.